The number of aromatic amines is 1. The fraction of sp³-hybridized carbons (Fsp3) is 0.700. The van der Waals surface area contributed by atoms with Crippen LogP contribution in [0.25, 0.3) is 0 Å². The largest absolute Gasteiger partial charge is 0.383 e. The Hall–Kier alpha value is -1.12. The van der Waals surface area contributed by atoms with E-state index in [0.29, 0.717) is 12.5 Å². The van der Waals surface area contributed by atoms with Crippen LogP contribution in [0.2, 0.25) is 0 Å². The van der Waals surface area contributed by atoms with Crippen LogP contribution >= 0.6 is 0 Å². The van der Waals surface area contributed by atoms with E-state index in [1.54, 1.807) is 7.05 Å². The van der Waals surface area contributed by atoms with Gasteiger partial charge in [0.15, 0.2) is 0 Å². The number of nitrogen functional groups attached to an aromatic ring is 1. The molecule has 1 fully saturated rings. The SMILES string of the molecule is CN1CCC(CN(C)S(=O)(=O)c2cn[nH]c2N)C1. The lowest BCUT2D eigenvalue weighted by atomic mass is 10.1. The van der Waals surface area contributed by atoms with Gasteiger partial charge < -0.3 is 10.6 Å². The van der Waals surface area contributed by atoms with E-state index < -0.39 is 10.0 Å². The van der Waals surface area contributed by atoms with E-state index in [-0.39, 0.29) is 10.7 Å². The Balaban J connectivity index is 2.09. The number of aromatic nitrogens is 2. The van der Waals surface area contributed by atoms with Crippen molar-refractivity contribution in [3.05, 3.63) is 6.20 Å². The zero-order valence-corrected chi connectivity index (χ0v) is 11.4. The molecule has 18 heavy (non-hydrogen) atoms. The molecule has 0 bridgehead atoms. The molecule has 2 rings (SSSR count). The number of sulfonamides is 1. The Morgan fingerprint density at radius 2 is 2.39 bits per heavy atom. The molecule has 1 atom stereocenters. The maximum Gasteiger partial charge on any atom is 0.248 e. The fourth-order valence-electron chi connectivity index (χ4n) is 2.30. The van der Waals surface area contributed by atoms with Gasteiger partial charge in [-0.15, -0.1) is 0 Å². The van der Waals surface area contributed by atoms with Gasteiger partial charge in [-0.1, -0.05) is 0 Å². The molecular formula is C10H19N5O2S. The third-order valence-electron chi connectivity index (χ3n) is 3.32. The van der Waals surface area contributed by atoms with Crippen LogP contribution in [0.1, 0.15) is 6.42 Å². The number of hydrogen-bond donors (Lipinski definition) is 2. The summed E-state index contributed by atoms with van der Waals surface area (Å²) in [5.41, 5.74) is 5.56. The van der Waals surface area contributed by atoms with Crippen molar-refractivity contribution in [3.8, 4) is 0 Å². The molecule has 0 saturated carbocycles. The van der Waals surface area contributed by atoms with Crippen molar-refractivity contribution < 1.29 is 8.42 Å². The quantitative estimate of drug-likeness (QED) is 0.775. The van der Waals surface area contributed by atoms with Gasteiger partial charge in [-0.25, -0.2) is 12.7 Å². The predicted octanol–water partition coefficient (Wildman–Crippen LogP) is -0.436. The summed E-state index contributed by atoms with van der Waals surface area (Å²) in [7, 11) is 0.0924. The number of rotatable bonds is 4. The summed E-state index contributed by atoms with van der Waals surface area (Å²) in [5, 5.41) is 6.09. The van der Waals surface area contributed by atoms with Crippen molar-refractivity contribution in [1.29, 1.82) is 0 Å². The molecule has 1 saturated heterocycles. The van der Waals surface area contributed by atoms with Crippen LogP contribution in [0.15, 0.2) is 11.1 Å². The lowest BCUT2D eigenvalue weighted by Crippen LogP contribution is -2.33. The Morgan fingerprint density at radius 1 is 1.67 bits per heavy atom. The van der Waals surface area contributed by atoms with Crippen molar-refractivity contribution in [2.24, 2.45) is 5.92 Å². The molecule has 8 heteroatoms. The summed E-state index contributed by atoms with van der Waals surface area (Å²) in [6.45, 7) is 2.46. The van der Waals surface area contributed by atoms with Gasteiger partial charge in [0.2, 0.25) is 10.0 Å². The second kappa shape index (κ2) is 4.87. The topological polar surface area (TPSA) is 95.3 Å². The van der Waals surface area contributed by atoms with Gasteiger partial charge in [-0.3, -0.25) is 5.10 Å². The van der Waals surface area contributed by atoms with Crippen molar-refractivity contribution in [2.45, 2.75) is 11.3 Å². The zero-order chi connectivity index (χ0) is 13.3. The van der Waals surface area contributed by atoms with Gasteiger partial charge in [-0.05, 0) is 25.9 Å². The smallest absolute Gasteiger partial charge is 0.248 e. The number of likely N-dealkylation sites (tertiary alicyclic amines) is 1. The Bertz CT molecular complexity index is 512. The highest BCUT2D eigenvalue weighted by molar-refractivity contribution is 7.89. The van der Waals surface area contributed by atoms with Crippen LogP contribution in [0.4, 0.5) is 5.82 Å². The number of nitrogens with two attached hydrogens (primary N) is 1. The second-order valence-electron chi connectivity index (χ2n) is 4.85. The first-order valence-corrected chi connectivity index (χ1v) is 7.29. The Labute approximate surface area is 107 Å². The third-order valence-corrected chi connectivity index (χ3v) is 5.18. The number of anilines is 1. The molecule has 7 nitrogen and oxygen atoms in total. The van der Waals surface area contributed by atoms with Gasteiger partial charge in [0.05, 0.1) is 6.20 Å². The molecule has 1 aromatic heterocycles. The molecule has 3 N–H and O–H groups in total. The maximum absolute atomic E-state index is 12.3. The minimum absolute atomic E-state index is 0.0522. The Kier molecular flexibility index (Phi) is 3.60. The molecule has 102 valence electrons. The van der Waals surface area contributed by atoms with Crippen molar-refractivity contribution in [3.63, 3.8) is 0 Å². The highest BCUT2D eigenvalue weighted by Crippen LogP contribution is 2.22. The van der Waals surface area contributed by atoms with Crippen LogP contribution < -0.4 is 5.73 Å². The average Bonchev–Trinajstić information content (AvgIpc) is 2.87. The molecule has 1 aliphatic rings. The standard InChI is InChI=1S/C10H19N5O2S/c1-14-4-3-8(6-14)7-15(2)18(16,17)9-5-12-13-10(9)11/h5,8H,3-4,6-7H2,1-2H3,(H3,11,12,13). The number of hydrogen-bond acceptors (Lipinski definition) is 5. The van der Waals surface area contributed by atoms with Crippen molar-refractivity contribution in [1.82, 2.24) is 19.4 Å². The maximum atomic E-state index is 12.3. The fourth-order valence-corrected chi connectivity index (χ4v) is 3.55. The lowest BCUT2D eigenvalue weighted by molar-refractivity contribution is 0.357. The molecule has 1 aliphatic heterocycles. The van der Waals surface area contributed by atoms with Gasteiger partial charge in [-0.2, -0.15) is 5.10 Å². The van der Waals surface area contributed by atoms with E-state index >= 15 is 0 Å². The number of H-pyrrole nitrogens is 1. The molecule has 0 amide bonds. The highest BCUT2D eigenvalue weighted by atomic mass is 32.2. The van der Waals surface area contributed by atoms with Crippen molar-refractivity contribution in [2.75, 3.05) is 39.5 Å². The minimum Gasteiger partial charge on any atom is -0.383 e. The first kappa shape index (κ1) is 13.3. The van der Waals surface area contributed by atoms with Gasteiger partial charge in [0, 0.05) is 20.1 Å². The molecule has 0 aliphatic carbocycles. The summed E-state index contributed by atoms with van der Waals surface area (Å²) in [5.74, 6) is 0.466. The van der Waals surface area contributed by atoms with Crippen molar-refractivity contribution >= 4 is 15.8 Å². The van der Waals surface area contributed by atoms with E-state index in [1.807, 2.05) is 7.05 Å². The number of nitrogens with one attached hydrogen (secondary N) is 1. The number of nitrogens with zero attached hydrogens (tertiary/aromatic N) is 3. The first-order chi connectivity index (χ1) is 8.41. The summed E-state index contributed by atoms with van der Waals surface area (Å²) < 4.78 is 25.9. The van der Waals surface area contributed by atoms with E-state index in [9.17, 15) is 8.42 Å². The summed E-state index contributed by atoms with van der Waals surface area (Å²) in [6, 6.07) is 0. The van der Waals surface area contributed by atoms with Crippen LogP contribution in [-0.4, -0.2) is 61.5 Å². The van der Waals surface area contributed by atoms with Crippen LogP contribution in [0.5, 0.6) is 0 Å². The van der Waals surface area contributed by atoms with E-state index in [2.05, 4.69) is 15.1 Å². The van der Waals surface area contributed by atoms with E-state index in [4.69, 9.17) is 5.73 Å². The van der Waals surface area contributed by atoms with Crippen LogP contribution in [0.3, 0.4) is 0 Å². The Morgan fingerprint density at radius 3 is 2.89 bits per heavy atom. The van der Waals surface area contributed by atoms with Gasteiger partial charge in [0.1, 0.15) is 10.7 Å². The second-order valence-corrected chi connectivity index (χ2v) is 6.86. The minimum atomic E-state index is -3.54. The predicted molar refractivity (Wildman–Crippen MR) is 68.4 cm³/mol. The molecule has 0 radical (unpaired) electrons. The monoisotopic (exact) mass is 273 g/mol. The van der Waals surface area contributed by atoms with Gasteiger partial charge in [0.25, 0.3) is 0 Å². The molecule has 1 aromatic rings. The normalized spacial score (nSPS) is 21.8. The highest BCUT2D eigenvalue weighted by Gasteiger charge is 2.29. The van der Waals surface area contributed by atoms with Crippen LogP contribution in [0, 0.1) is 5.92 Å². The molecular weight excluding hydrogens is 254 g/mol. The molecule has 0 spiro atoms. The first-order valence-electron chi connectivity index (χ1n) is 5.85. The van der Waals surface area contributed by atoms with Crippen LogP contribution in [-0.2, 0) is 10.0 Å². The third kappa shape index (κ3) is 2.50. The average molecular weight is 273 g/mol. The molecule has 0 aromatic carbocycles. The lowest BCUT2D eigenvalue weighted by Gasteiger charge is -2.20. The summed E-state index contributed by atoms with van der Waals surface area (Å²) in [6.07, 6.45) is 2.28. The summed E-state index contributed by atoms with van der Waals surface area (Å²) in [4.78, 5) is 2.26. The van der Waals surface area contributed by atoms with E-state index in [1.165, 1.54) is 10.5 Å². The summed E-state index contributed by atoms with van der Waals surface area (Å²) >= 11 is 0. The van der Waals surface area contributed by atoms with E-state index in [0.717, 1.165) is 19.5 Å². The molecule has 1 unspecified atom stereocenters. The zero-order valence-electron chi connectivity index (χ0n) is 10.6. The molecule has 2 heterocycles. The van der Waals surface area contributed by atoms with Gasteiger partial charge >= 0.3 is 0 Å².